The zero-order valence-electron chi connectivity index (χ0n) is 20.8. The molecule has 0 bridgehead atoms. The molecule has 1 aliphatic heterocycles. The van der Waals surface area contributed by atoms with Gasteiger partial charge in [0, 0.05) is 14.4 Å². The molecule has 0 N–H and O–H groups in total. The van der Waals surface area contributed by atoms with Crippen molar-refractivity contribution in [2.75, 3.05) is 0 Å². The van der Waals surface area contributed by atoms with Crippen LogP contribution in [0.5, 0.6) is 5.75 Å². The van der Waals surface area contributed by atoms with Crippen molar-refractivity contribution < 1.29 is 22.3 Å². The van der Waals surface area contributed by atoms with E-state index in [4.69, 9.17) is 0 Å². The lowest BCUT2D eigenvalue weighted by molar-refractivity contribution is -0.274. The second kappa shape index (κ2) is 11.9. The molecule has 0 amide bonds. The van der Waals surface area contributed by atoms with Crippen LogP contribution in [-0.4, -0.2) is 15.2 Å². The Bertz CT molecular complexity index is 927. The highest BCUT2D eigenvalue weighted by molar-refractivity contribution is 6.58. The summed E-state index contributed by atoms with van der Waals surface area (Å²) < 4.78 is 56.0. The summed E-state index contributed by atoms with van der Waals surface area (Å²) in [6, 6.07) is 15.4. The van der Waals surface area contributed by atoms with Gasteiger partial charge in [0.05, 0.1) is 0 Å². The molecule has 2 aromatic carbocycles. The Morgan fingerprint density at radius 1 is 0.857 bits per heavy atom. The van der Waals surface area contributed by atoms with Crippen molar-refractivity contribution in [3.05, 3.63) is 53.8 Å². The van der Waals surface area contributed by atoms with Crippen LogP contribution in [0.3, 0.4) is 0 Å². The Morgan fingerprint density at radius 3 is 2.11 bits per heavy atom. The molecule has 1 aliphatic carbocycles. The number of hydrogen-bond donors (Lipinski definition) is 0. The van der Waals surface area contributed by atoms with Crippen molar-refractivity contribution in [3.63, 3.8) is 0 Å². The van der Waals surface area contributed by atoms with E-state index in [1.54, 1.807) is 30.3 Å². The van der Waals surface area contributed by atoms with E-state index in [1.807, 2.05) is 6.07 Å². The van der Waals surface area contributed by atoms with Crippen LogP contribution in [-0.2, 0) is 0 Å². The highest BCUT2D eigenvalue weighted by Gasteiger charge is 2.32. The SMILES string of the molecule is CCCCC[SiH]1CCC(C2CCC(c3ccc(-c4ccc(OC(F)(F)F)cc4)c(F)c3)CC2)CC1. The number of benzene rings is 2. The van der Waals surface area contributed by atoms with Gasteiger partial charge in [-0.15, -0.1) is 13.2 Å². The quantitative estimate of drug-likeness (QED) is 0.197. The van der Waals surface area contributed by atoms with Crippen LogP contribution in [0.25, 0.3) is 11.1 Å². The normalized spacial score (nSPS) is 25.4. The molecule has 1 saturated heterocycles. The molecule has 1 nitrogen and oxygen atoms in total. The summed E-state index contributed by atoms with van der Waals surface area (Å²) in [4.78, 5) is 0. The maximum atomic E-state index is 15.0. The van der Waals surface area contributed by atoms with Crippen molar-refractivity contribution in [2.45, 2.75) is 95.1 Å². The third kappa shape index (κ3) is 7.34. The summed E-state index contributed by atoms with van der Waals surface area (Å²) in [6.07, 6.45) is 7.11. The molecule has 1 saturated carbocycles. The molecular weight excluding hydrogens is 468 g/mol. The Kier molecular flexibility index (Phi) is 8.95. The van der Waals surface area contributed by atoms with Crippen molar-refractivity contribution in [1.82, 2.24) is 0 Å². The lowest BCUT2D eigenvalue weighted by Crippen LogP contribution is -2.28. The van der Waals surface area contributed by atoms with Crippen LogP contribution < -0.4 is 4.74 Å². The predicted octanol–water partition coefficient (Wildman–Crippen LogP) is 9.49. The third-order valence-corrected chi connectivity index (χ3v) is 11.9. The lowest BCUT2D eigenvalue weighted by atomic mass is 9.72. The second-order valence-electron chi connectivity index (χ2n) is 10.7. The fraction of sp³-hybridized carbons (Fsp3) is 0.586. The van der Waals surface area contributed by atoms with Crippen molar-refractivity contribution >= 4 is 8.80 Å². The topological polar surface area (TPSA) is 9.23 Å². The molecule has 192 valence electrons. The Hall–Kier alpha value is -1.82. The third-order valence-electron chi connectivity index (χ3n) is 8.41. The number of halogens is 4. The van der Waals surface area contributed by atoms with E-state index in [0.717, 1.165) is 30.2 Å². The van der Waals surface area contributed by atoms with Gasteiger partial charge in [-0.2, -0.15) is 0 Å². The van der Waals surface area contributed by atoms with Gasteiger partial charge in [-0.25, -0.2) is 4.39 Å². The average Bonchev–Trinajstić information content (AvgIpc) is 2.84. The summed E-state index contributed by atoms with van der Waals surface area (Å²) >= 11 is 0. The van der Waals surface area contributed by atoms with Crippen molar-refractivity contribution in [3.8, 4) is 16.9 Å². The monoisotopic (exact) mass is 506 g/mol. The molecule has 0 aromatic heterocycles. The first-order valence-corrected chi connectivity index (χ1v) is 15.9. The molecule has 2 fully saturated rings. The fourth-order valence-corrected chi connectivity index (χ4v) is 9.94. The van der Waals surface area contributed by atoms with Gasteiger partial charge in [0.2, 0.25) is 0 Å². The van der Waals surface area contributed by atoms with Crippen LogP contribution >= 0.6 is 0 Å². The minimum absolute atomic E-state index is 0.303. The average molecular weight is 507 g/mol. The number of alkyl halides is 3. The number of rotatable bonds is 8. The van der Waals surface area contributed by atoms with E-state index in [-0.39, 0.29) is 11.6 Å². The van der Waals surface area contributed by atoms with Crippen molar-refractivity contribution in [1.29, 1.82) is 0 Å². The van der Waals surface area contributed by atoms with E-state index in [0.29, 0.717) is 17.0 Å². The first-order chi connectivity index (χ1) is 16.8. The van der Waals surface area contributed by atoms with Crippen LogP contribution in [0, 0.1) is 17.7 Å². The predicted molar refractivity (Wildman–Crippen MR) is 137 cm³/mol. The van der Waals surface area contributed by atoms with E-state index in [9.17, 15) is 17.6 Å². The van der Waals surface area contributed by atoms with Crippen molar-refractivity contribution in [2.24, 2.45) is 11.8 Å². The molecule has 0 radical (unpaired) electrons. The van der Waals surface area contributed by atoms with Gasteiger partial charge in [0.15, 0.2) is 0 Å². The standard InChI is InChI=1S/C29H38F4OSi/c1-2-3-4-17-35-18-15-23(16-19-35)21-5-7-22(8-6-21)25-11-14-27(28(30)20-25)24-9-12-26(13-10-24)34-29(31,32)33/h9-14,20-23,35H,2-8,15-19H2,1H3. The summed E-state index contributed by atoms with van der Waals surface area (Å²) in [6.45, 7) is 2.29. The zero-order valence-corrected chi connectivity index (χ0v) is 21.9. The Balaban J connectivity index is 1.29. The largest absolute Gasteiger partial charge is 0.573 e. The minimum atomic E-state index is -4.73. The van der Waals surface area contributed by atoms with E-state index < -0.39 is 15.2 Å². The molecule has 0 atom stereocenters. The van der Waals surface area contributed by atoms with Gasteiger partial charge < -0.3 is 4.74 Å². The summed E-state index contributed by atoms with van der Waals surface area (Å²) in [5.74, 6) is 1.53. The summed E-state index contributed by atoms with van der Waals surface area (Å²) in [7, 11) is -0.460. The Labute approximate surface area is 208 Å². The number of hydrogen-bond acceptors (Lipinski definition) is 1. The highest BCUT2D eigenvalue weighted by atomic mass is 28.3. The van der Waals surface area contributed by atoms with Crippen LogP contribution in [0.15, 0.2) is 42.5 Å². The zero-order chi connectivity index (χ0) is 24.8. The highest BCUT2D eigenvalue weighted by Crippen LogP contribution is 2.44. The molecule has 0 unspecified atom stereocenters. The first-order valence-electron chi connectivity index (χ1n) is 13.5. The molecular formula is C29H38F4OSi. The van der Waals surface area contributed by atoms with Gasteiger partial charge in [-0.1, -0.05) is 81.4 Å². The van der Waals surface area contributed by atoms with Gasteiger partial charge in [-0.3, -0.25) is 0 Å². The smallest absolute Gasteiger partial charge is 0.406 e. The second-order valence-corrected chi connectivity index (χ2v) is 14.2. The maximum absolute atomic E-state index is 15.0. The van der Waals surface area contributed by atoms with Gasteiger partial charge >= 0.3 is 6.36 Å². The fourth-order valence-electron chi connectivity index (χ4n) is 6.41. The van der Waals surface area contributed by atoms with Gasteiger partial charge in [-0.05, 0) is 72.8 Å². The molecule has 4 rings (SSSR count). The molecule has 0 spiro atoms. The van der Waals surface area contributed by atoms with Crippen LogP contribution in [0.2, 0.25) is 18.1 Å². The number of unbranched alkanes of at least 4 members (excludes halogenated alkanes) is 2. The van der Waals surface area contributed by atoms with E-state index in [1.165, 1.54) is 69.2 Å². The van der Waals surface area contributed by atoms with Gasteiger partial charge in [0.25, 0.3) is 0 Å². The minimum Gasteiger partial charge on any atom is -0.406 e. The summed E-state index contributed by atoms with van der Waals surface area (Å²) in [5, 5.41) is 0. The van der Waals surface area contributed by atoms with Gasteiger partial charge in [0.1, 0.15) is 11.6 Å². The molecule has 2 aliphatic rings. The molecule has 2 aromatic rings. The lowest BCUT2D eigenvalue weighted by Gasteiger charge is -2.37. The first kappa shape index (κ1) is 26.2. The van der Waals surface area contributed by atoms with E-state index >= 15 is 0 Å². The Morgan fingerprint density at radius 2 is 1.51 bits per heavy atom. The number of ether oxygens (including phenoxy) is 1. The maximum Gasteiger partial charge on any atom is 0.573 e. The molecule has 6 heteroatoms. The van der Waals surface area contributed by atoms with Crippen LogP contribution in [0.1, 0.15) is 76.2 Å². The van der Waals surface area contributed by atoms with E-state index in [2.05, 4.69) is 11.7 Å². The summed E-state index contributed by atoms with van der Waals surface area (Å²) in [5.41, 5.74) is 2.00. The molecule has 35 heavy (non-hydrogen) atoms. The molecule has 1 heterocycles. The van der Waals surface area contributed by atoms with Crippen LogP contribution in [0.4, 0.5) is 17.6 Å².